The topological polar surface area (TPSA) is 211 Å². The maximum absolute atomic E-state index is 12.8. The highest BCUT2D eigenvalue weighted by Gasteiger charge is 2.34. The van der Waals surface area contributed by atoms with E-state index in [0.717, 1.165) is 0 Å². The van der Waals surface area contributed by atoms with Gasteiger partial charge in [-0.15, -0.1) is 0 Å². The van der Waals surface area contributed by atoms with Gasteiger partial charge in [-0.3, -0.25) is 14.9 Å². The Morgan fingerprint density at radius 1 is 0.667 bits per heavy atom. The van der Waals surface area contributed by atoms with E-state index in [-0.39, 0.29) is 32.1 Å². The van der Waals surface area contributed by atoms with E-state index < -0.39 is 59.0 Å². The van der Waals surface area contributed by atoms with Crippen molar-refractivity contribution >= 4 is 53.1 Å². The van der Waals surface area contributed by atoms with Crippen molar-refractivity contribution in [3.05, 3.63) is 42.0 Å². The molecule has 0 aliphatic carbocycles. The van der Waals surface area contributed by atoms with Gasteiger partial charge in [0.25, 0.3) is 11.8 Å². The molecule has 17 heteroatoms. The minimum Gasteiger partial charge on any atom is -0.489 e. The monoisotopic (exact) mass is 759 g/mol. The number of benzene rings is 2. The molecule has 0 aromatic heterocycles. The molecule has 2 aromatic rings. The number of hydrogen-bond acceptors (Lipinski definition) is 11. The van der Waals surface area contributed by atoms with Gasteiger partial charge in [-0.05, 0) is 98.7 Å². The molecule has 0 radical (unpaired) electrons. The van der Waals surface area contributed by atoms with E-state index in [1.165, 1.54) is 35.0 Å². The Hall–Kier alpha value is -5.74. The number of rotatable bonds is 4. The Kier molecular flexibility index (Phi) is 14.3. The smallest absolute Gasteiger partial charge is 0.412 e. The molecule has 4 rings (SSSR count). The molecule has 0 unspecified atom stereocenters. The molecule has 2 atom stereocenters. The van der Waals surface area contributed by atoms with Crippen LogP contribution in [-0.4, -0.2) is 97.4 Å². The standard InChI is InChI=1S/C20H29N3O6.C16H20N2O6.CH4/c1-19(2,3)28-17(25)21-12-8-9-15-14(10-12)23(7)16(24)13(11-27-15)22-18(26)29-20(4,5)6;1-16(2,3)24-15(22)17-10-8-23-12-6-5-9(14(20)21)7-11(12)18(4)13(10)19;/h8-10,13H,11H2,1-7H3,(H,21,25)(H,22,26);5-7,10H,8H2,1-4H3,(H,17,22)(H,20,21);1H4/t13-;10-;/m00./s1. The van der Waals surface area contributed by atoms with E-state index in [4.69, 9.17) is 28.8 Å². The van der Waals surface area contributed by atoms with Gasteiger partial charge in [-0.25, -0.2) is 19.2 Å². The molecule has 0 bridgehead atoms. The van der Waals surface area contributed by atoms with Crippen molar-refractivity contribution in [1.82, 2.24) is 10.6 Å². The predicted molar refractivity (Wildman–Crippen MR) is 201 cm³/mol. The lowest BCUT2D eigenvalue weighted by atomic mass is 10.1. The summed E-state index contributed by atoms with van der Waals surface area (Å²) in [5, 5.41) is 16.7. The summed E-state index contributed by atoms with van der Waals surface area (Å²) in [5.74, 6) is -1.09. The Morgan fingerprint density at radius 3 is 1.46 bits per heavy atom. The highest BCUT2D eigenvalue weighted by molar-refractivity contribution is 6.02. The number of nitrogens with zero attached hydrogens (tertiary/aromatic N) is 2. The average Bonchev–Trinajstić information content (AvgIpc) is 3.19. The van der Waals surface area contributed by atoms with Crippen molar-refractivity contribution in [2.24, 2.45) is 0 Å². The lowest BCUT2D eigenvalue weighted by molar-refractivity contribution is -0.121. The molecule has 54 heavy (non-hydrogen) atoms. The number of carbonyl (C=O) groups excluding carboxylic acids is 5. The number of hydrogen-bond donors (Lipinski definition) is 4. The van der Waals surface area contributed by atoms with E-state index in [0.29, 0.717) is 28.6 Å². The van der Waals surface area contributed by atoms with Crippen LogP contribution in [0.5, 0.6) is 11.5 Å². The minimum atomic E-state index is -1.11. The number of carboxylic acids is 1. The third-order valence-corrected chi connectivity index (χ3v) is 6.98. The van der Waals surface area contributed by atoms with Crippen molar-refractivity contribution in [2.45, 2.75) is 98.6 Å². The number of anilines is 3. The zero-order valence-electron chi connectivity index (χ0n) is 31.9. The normalized spacial score (nSPS) is 16.8. The highest BCUT2D eigenvalue weighted by atomic mass is 16.6. The van der Waals surface area contributed by atoms with Gasteiger partial charge in [-0.1, -0.05) is 7.43 Å². The first-order chi connectivity index (χ1) is 24.3. The second-order valence-electron chi connectivity index (χ2n) is 15.1. The fraction of sp³-hybridized carbons (Fsp3) is 0.514. The average molecular weight is 760 g/mol. The van der Waals surface area contributed by atoms with E-state index in [1.54, 1.807) is 87.6 Å². The van der Waals surface area contributed by atoms with Crippen LogP contribution in [0.25, 0.3) is 0 Å². The lowest BCUT2D eigenvalue weighted by Gasteiger charge is -2.24. The summed E-state index contributed by atoms with van der Waals surface area (Å²) >= 11 is 0. The number of nitrogens with one attached hydrogen (secondary N) is 3. The van der Waals surface area contributed by atoms with E-state index >= 15 is 0 Å². The first-order valence-corrected chi connectivity index (χ1v) is 16.6. The lowest BCUT2D eigenvalue weighted by Crippen LogP contribution is -2.50. The quantitative estimate of drug-likeness (QED) is 0.283. The number of carbonyl (C=O) groups is 6. The van der Waals surface area contributed by atoms with Crippen LogP contribution in [0.3, 0.4) is 0 Å². The predicted octanol–water partition coefficient (Wildman–Crippen LogP) is 5.55. The van der Waals surface area contributed by atoms with Crippen molar-refractivity contribution < 1.29 is 57.6 Å². The van der Waals surface area contributed by atoms with Crippen LogP contribution in [0, 0.1) is 0 Å². The largest absolute Gasteiger partial charge is 0.489 e. The fourth-order valence-corrected chi connectivity index (χ4v) is 4.74. The van der Waals surface area contributed by atoms with Crippen LogP contribution in [0.2, 0.25) is 0 Å². The number of alkyl carbamates (subject to hydrolysis) is 2. The molecular weight excluding hydrogens is 706 g/mol. The number of amides is 5. The maximum Gasteiger partial charge on any atom is 0.412 e. The summed E-state index contributed by atoms with van der Waals surface area (Å²) in [7, 11) is 3.06. The summed E-state index contributed by atoms with van der Waals surface area (Å²) in [4.78, 5) is 74.9. The van der Waals surface area contributed by atoms with Gasteiger partial charge < -0.3 is 49.2 Å². The molecule has 2 aliphatic rings. The SMILES string of the molecule is C.CN1C(=O)[C@@H](NC(=O)OC(C)(C)C)COc2ccc(C(=O)O)cc21.CN1C(=O)[C@@H](NC(=O)OC(C)(C)C)COc2ccc(NC(=O)OC(C)(C)C)cc21. The maximum atomic E-state index is 12.8. The molecule has 17 nitrogen and oxygen atoms in total. The minimum absolute atomic E-state index is 0. The van der Waals surface area contributed by atoms with Crippen molar-refractivity contribution in [3.63, 3.8) is 0 Å². The zero-order valence-corrected chi connectivity index (χ0v) is 31.9. The van der Waals surface area contributed by atoms with Crippen molar-refractivity contribution in [3.8, 4) is 11.5 Å². The molecule has 2 aliphatic heterocycles. The van der Waals surface area contributed by atoms with Gasteiger partial charge in [0.05, 0.1) is 16.9 Å². The Labute approximate surface area is 315 Å². The van der Waals surface area contributed by atoms with Crippen molar-refractivity contribution in [1.29, 1.82) is 0 Å². The Balaban J connectivity index is 0.000000373. The third-order valence-electron chi connectivity index (χ3n) is 6.98. The third kappa shape index (κ3) is 13.0. The first-order valence-electron chi connectivity index (χ1n) is 16.6. The summed E-state index contributed by atoms with van der Waals surface area (Å²) in [6.45, 7) is 15.5. The molecule has 5 amide bonds. The van der Waals surface area contributed by atoms with E-state index in [1.807, 2.05) is 0 Å². The summed E-state index contributed by atoms with van der Waals surface area (Å²) < 4.78 is 26.8. The molecule has 298 valence electrons. The van der Waals surface area contributed by atoms with Gasteiger partial charge in [0.1, 0.15) is 53.6 Å². The number of ether oxygens (including phenoxy) is 5. The van der Waals surface area contributed by atoms with Crippen LogP contribution in [-0.2, 0) is 23.8 Å². The second-order valence-corrected chi connectivity index (χ2v) is 15.1. The number of aromatic carboxylic acids is 1. The highest BCUT2D eigenvalue weighted by Crippen LogP contribution is 2.34. The molecule has 0 saturated carbocycles. The first kappa shape index (κ1) is 44.4. The number of carboxylic acid groups (broad SMARTS) is 1. The van der Waals surface area contributed by atoms with Gasteiger partial charge >= 0.3 is 24.2 Å². The molecule has 0 saturated heterocycles. The van der Waals surface area contributed by atoms with Gasteiger partial charge in [0.15, 0.2) is 0 Å². The summed E-state index contributed by atoms with van der Waals surface area (Å²) in [5.41, 5.74) is -0.743. The summed E-state index contributed by atoms with van der Waals surface area (Å²) in [6, 6.07) is 7.26. The number of fused-ring (bicyclic) bond motifs is 2. The molecule has 2 aromatic carbocycles. The fourth-order valence-electron chi connectivity index (χ4n) is 4.74. The van der Waals surface area contributed by atoms with Crippen LogP contribution < -0.4 is 35.2 Å². The van der Waals surface area contributed by atoms with Crippen LogP contribution in [0.15, 0.2) is 36.4 Å². The molecule has 4 N–H and O–H groups in total. The molecule has 0 fully saturated rings. The Morgan fingerprint density at radius 2 is 1.06 bits per heavy atom. The van der Waals surface area contributed by atoms with Crippen molar-refractivity contribution in [2.75, 3.05) is 42.4 Å². The summed E-state index contributed by atoms with van der Waals surface area (Å²) in [6.07, 6.45) is -2.04. The second kappa shape index (κ2) is 17.4. The van der Waals surface area contributed by atoms with E-state index in [9.17, 15) is 28.8 Å². The molecule has 0 spiro atoms. The zero-order chi connectivity index (χ0) is 40.1. The molecule has 2 heterocycles. The Bertz CT molecular complexity index is 1720. The van der Waals surface area contributed by atoms with Crippen LogP contribution in [0.4, 0.5) is 31.4 Å². The van der Waals surface area contributed by atoms with Crippen LogP contribution in [0.1, 0.15) is 80.1 Å². The van der Waals surface area contributed by atoms with Gasteiger partial charge in [0.2, 0.25) is 0 Å². The van der Waals surface area contributed by atoms with Crippen LogP contribution >= 0.6 is 0 Å². The van der Waals surface area contributed by atoms with Gasteiger partial charge in [0, 0.05) is 19.8 Å². The van der Waals surface area contributed by atoms with E-state index in [2.05, 4.69) is 16.0 Å². The molecular formula is C37H53N5O12. The number of likely N-dealkylation sites (N-methyl/N-ethyl adjacent to an activating group) is 2. The van der Waals surface area contributed by atoms with Gasteiger partial charge in [-0.2, -0.15) is 0 Å².